The monoisotopic (exact) mass is 443 g/mol. The molecule has 6 heteroatoms. The summed E-state index contributed by atoms with van der Waals surface area (Å²) in [5.41, 5.74) is 1.07. The number of rotatable bonds is 7. The average Bonchev–Trinajstić information content (AvgIpc) is 3.73. The summed E-state index contributed by atoms with van der Waals surface area (Å²) < 4.78 is 1.77. The Bertz CT molecular complexity index is 1190. The van der Waals surface area contributed by atoms with Gasteiger partial charge in [-0.2, -0.15) is 0 Å². The number of carbonyl (C=O) groups excluding carboxylic acids is 2. The standard InChI is InChI=1S/C27H29N3O3/c31-24-21(25(32)28-13-18-12-19-6-9-23(18)27(19)10-11-27)15-30(14-17-4-2-1-3-5-17)16-22(24)26(33)29-20-7-8-20/h1-6,9,15-16,18-20,23H,7-8,10-14H2,(H,28,32)(H,29,33)/t18-,19-,23-/m0/s1. The van der Waals surface area contributed by atoms with Gasteiger partial charge in [-0.05, 0) is 60.8 Å². The van der Waals surface area contributed by atoms with Gasteiger partial charge in [-0.15, -0.1) is 0 Å². The highest BCUT2D eigenvalue weighted by Crippen LogP contribution is 2.69. The van der Waals surface area contributed by atoms with Gasteiger partial charge in [-0.3, -0.25) is 14.4 Å². The van der Waals surface area contributed by atoms with Crippen molar-refractivity contribution < 1.29 is 9.59 Å². The predicted molar refractivity (Wildman–Crippen MR) is 125 cm³/mol. The lowest BCUT2D eigenvalue weighted by atomic mass is 9.89. The number of allylic oxidation sites excluding steroid dienone is 2. The number of nitrogens with zero attached hydrogens (tertiary/aromatic N) is 1. The second kappa shape index (κ2) is 7.72. The highest BCUT2D eigenvalue weighted by atomic mass is 16.2. The molecule has 0 aliphatic heterocycles. The molecule has 0 radical (unpaired) electrons. The van der Waals surface area contributed by atoms with Gasteiger partial charge in [0.1, 0.15) is 11.1 Å². The first-order valence-corrected chi connectivity index (χ1v) is 12.1. The van der Waals surface area contributed by atoms with Crippen molar-refractivity contribution in [2.45, 2.75) is 44.7 Å². The van der Waals surface area contributed by atoms with Crippen molar-refractivity contribution in [3.63, 3.8) is 0 Å². The molecule has 0 saturated heterocycles. The minimum Gasteiger partial charge on any atom is -0.352 e. The van der Waals surface area contributed by atoms with E-state index in [1.165, 1.54) is 12.8 Å². The fourth-order valence-electron chi connectivity index (χ4n) is 6.01. The number of benzene rings is 1. The quantitative estimate of drug-likeness (QED) is 0.646. The van der Waals surface area contributed by atoms with Gasteiger partial charge < -0.3 is 15.2 Å². The lowest BCUT2D eigenvalue weighted by Gasteiger charge is -2.20. The average molecular weight is 444 g/mol. The Labute approximate surface area is 193 Å². The van der Waals surface area contributed by atoms with Crippen LogP contribution in [0.25, 0.3) is 0 Å². The van der Waals surface area contributed by atoms with Crippen molar-refractivity contribution in [2.24, 2.45) is 23.2 Å². The molecule has 3 fully saturated rings. The van der Waals surface area contributed by atoms with Crippen molar-refractivity contribution in [1.29, 1.82) is 0 Å². The van der Waals surface area contributed by atoms with Gasteiger partial charge in [-0.1, -0.05) is 42.5 Å². The summed E-state index contributed by atoms with van der Waals surface area (Å²) in [6, 6.07) is 9.94. The lowest BCUT2D eigenvalue weighted by Crippen LogP contribution is -2.38. The van der Waals surface area contributed by atoms with Crippen LogP contribution < -0.4 is 16.1 Å². The second-order valence-corrected chi connectivity index (χ2v) is 10.3. The normalized spacial score (nSPS) is 25.9. The Hall–Kier alpha value is -3.15. The number of nitrogens with one attached hydrogen (secondary N) is 2. The number of hydrogen-bond donors (Lipinski definition) is 2. The van der Waals surface area contributed by atoms with Crippen LogP contribution in [0.3, 0.4) is 0 Å². The third-order valence-electron chi connectivity index (χ3n) is 8.06. The SMILES string of the molecule is O=C(NC[C@@H]1C[C@@H]2C=C[C@@H]1C21CC1)c1cn(Cc2ccccc2)cc(C(=O)NC2CC2)c1=O. The van der Waals surface area contributed by atoms with Gasteiger partial charge in [0, 0.05) is 31.5 Å². The van der Waals surface area contributed by atoms with Gasteiger partial charge in [0.15, 0.2) is 0 Å². The molecule has 33 heavy (non-hydrogen) atoms. The Morgan fingerprint density at radius 3 is 2.39 bits per heavy atom. The van der Waals surface area contributed by atoms with E-state index in [4.69, 9.17) is 0 Å². The van der Waals surface area contributed by atoms with Crippen LogP contribution in [-0.4, -0.2) is 29.0 Å². The smallest absolute Gasteiger partial charge is 0.256 e. The number of amides is 2. The maximum atomic E-state index is 13.1. The van der Waals surface area contributed by atoms with Crippen molar-refractivity contribution in [2.75, 3.05) is 6.54 Å². The van der Waals surface area contributed by atoms with Crippen LogP contribution in [0.1, 0.15) is 58.4 Å². The van der Waals surface area contributed by atoms with Gasteiger partial charge >= 0.3 is 0 Å². The zero-order valence-corrected chi connectivity index (χ0v) is 18.6. The predicted octanol–water partition coefficient (Wildman–Crippen LogP) is 3.12. The van der Waals surface area contributed by atoms with Crippen LogP contribution in [0, 0.1) is 23.2 Å². The summed E-state index contributed by atoms with van der Waals surface area (Å²) in [6.45, 7) is 1.05. The third kappa shape index (κ3) is 3.71. The molecule has 3 saturated carbocycles. The van der Waals surface area contributed by atoms with Gasteiger partial charge in [0.25, 0.3) is 11.8 Å². The number of pyridine rings is 1. The molecule has 3 atom stereocenters. The summed E-state index contributed by atoms with van der Waals surface area (Å²) in [7, 11) is 0. The molecule has 1 heterocycles. The molecule has 6 nitrogen and oxygen atoms in total. The van der Waals surface area contributed by atoms with Gasteiger partial charge in [0.05, 0.1) is 0 Å². The van der Waals surface area contributed by atoms with Crippen molar-refractivity contribution in [3.05, 3.63) is 81.8 Å². The van der Waals surface area contributed by atoms with E-state index in [1.54, 1.807) is 17.0 Å². The lowest BCUT2D eigenvalue weighted by molar-refractivity contribution is 0.0942. The molecule has 1 aromatic carbocycles. The van der Waals surface area contributed by atoms with Gasteiger partial charge in [0.2, 0.25) is 5.43 Å². The van der Waals surface area contributed by atoms with Crippen LogP contribution in [0.5, 0.6) is 0 Å². The zero-order valence-electron chi connectivity index (χ0n) is 18.6. The Kier molecular flexibility index (Phi) is 4.78. The molecule has 2 bridgehead atoms. The number of carbonyl (C=O) groups is 2. The molecular weight excluding hydrogens is 414 g/mol. The first-order valence-electron chi connectivity index (χ1n) is 12.1. The first-order chi connectivity index (χ1) is 16.0. The molecule has 6 rings (SSSR count). The molecular formula is C27H29N3O3. The summed E-state index contributed by atoms with van der Waals surface area (Å²) in [6.07, 6.45) is 13.4. The van der Waals surface area contributed by atoms with Crippen LogP contribution in [0.2, 0.25) is 0 Å². The van der Waals surface area contributed by atoms with E-state index in [1.807, 2.05) is 30.3 Å². The number of hydrogen-bond acceptors (Lipinski definition) is 3. The van der Waals surface area contributed by atoms with E-state index in [-0.39, 0.29) is 23.1 Å². The van der Waals surface area contributed by atoms with Crippen LogP contribution >= 0.6 is 0 Å². The van der Waals surface area contributed by atoms with Crippen molar-refractivity contribution in [1.82, 2.24) is 15.2 Å². The van der Waals surface area contributed by atoms with E-state index in [0.29, 0.717) is 36.3 Å². The minimum atomic E-state index is -0.499. The fraction of sp³-hybridized carbons (Fsp3) is 0.444. The minimum absolute atomic E-state index is 0.0327. The Morgan fingerprint density at radius 1 is 1.00 bits per heavy atom. The van der Waals surface area contributed by atoms with Crippen LogP contribution in [-0.2, 0) is 6.54 Å². The molecule has 170 valence electrons. The van der Waals surface area contributed by atoms with E-state index in [9.17, 15) is 14.4 Å². The summed E-state index contributed by atoms with van der Waals surface area (Å²) in [5, 5.41) is 5.91. The summed E-state index contributed by atoms with van der Waals surface area (Å²) >= 11 is 0. The van der Waals surface area contributed by atoms with Crippen LogP contribution in [0.15, 0.2) is 59.7 Å². The van der Waals surface area contributed by atoms with Gasteiger partial charge in [-0.25, -0.2) is 0 Å². The molecule has 1 spiro atoms. The Balaban J connectivity index is 1.24. The topological polar surface area (TPSA) is 80.2 Å². The van der Waals surface area contributed by atoms with E-state index >= 15 is 0 Å². The molecule has 4 aliphatic carbocycles. The first kappa shape index (κ1) is 20.5. The fourth-order valence-corrected chi connectivity index (χ4v) is 6.01. The third-order valence-corrected chi connectivity index (χ3v) is 8.06. The molecule has 2 N–H and O–H groups in total. The maximum absolute atomic E-state index is 13.1. The van der Waals surface area contributed by atoms with Crippen molar-refractivity contribution >= 4 is 11.8 Å². The highest BCUT2D eigenvalue weighted by Gasteiger charge is 2.62. The van der Waals surface area contributed by atoms with E-state index < -0.39 is 11.3 Å². The van der Waals surface area contributed by atoms with E-state index in [0.717, 1.165) is 24.8 Å². The molecule has 4 aliphatic rings. The number of aromatic nitrogens is 1. The molecule has 2 aromatic rings. The molecule has 2 amide bonds. The highest BCUT2D eigenvalue weighted by molar-refractivity contribution is 5.99. The summed E-state index contributed by atoms with van der Waals surface area (Å²) in [4.78, 5) is 39.1. The van der Waals surface area contributed by atoms with Crippen LogP contribution in [0.4, 0.5) is 0 Å². The van der Waals surface area contributed by atoms with E-state index in [2.05, 4.69) is 22.8 Å². The second-order valence-electron chi connectivity index (χ2n) is 10.3. The molecule has 0 unspecified atom stereocenters. The Morgan fingerprint density at radius 2 is 1.73 bits per heavy atom. The van der Waals surface area contributed by atoms with Crippen molar-refractivity contribution in [3.8, 4) is 0 Å². The zero-order chi connectivity index (χ0) is 22.6. The maximum Gasteiger partial charge on any atom is 0.256 e. The largest absolute Gasteiger partial charge is 0.352 e. The molecule has 1 aromatic heterocycles. The summed E-state index contributed by atoms with van der Waals surface area (Å²) in [5.74, 6) is 0.849.